The number of rotatable bonds is 2. The molecule has 0 bridgehead atoms. The molecule has 1 aromatic rings. The molecule has 4 rings (SSSR count). The summed E-state index contributed by atoms with van der Waals surface area (Å²) in [7, 11) is 0. The van der Waals surface area contributed by atoms with Gasteiger partial charge in [0.05, 0.1) is 0 Å². The number of likely N-dealkylation sites (tertiary alicyclic amines) is 1. The monoisotopic (exact) mass is 288 g/mol. The summed E-state index contributed by atoms with van der Waals surface area (Å²) in [6, 6.07) is 0. The van der Waals surface area contributed by atoms with Gasteiger partial charge in [0, 0.05) is 37.9 Å². The van der Waals surface area contributed by atoms with Gasteiger partial charge >= 0.3 is 0 Å². The summed E-state index contributed by atoms with van der Waals surface area (Å²) < 4.78 is 2.37. The van der Waals surface area contributed by atoms with Crippen LogP contribution in [0.2, 0.25) is 0 Å². The number of piperidine rings is 1. The van der Waals surface area contributed by atoms with E-state index in [2.05, 4.69) is 19.7 Å². The van der Waals surface area contributed by atoms with Crippen molar-refractivity contribution in [1.82, 2.24) is 19.7 Å². The molecule has 1 saturated carbocycles. The Balaban J connectivity index is 1.44. The van der Waals surface area contributed by atoms with Crippen LogP contribution in [0.25, 0.3) is 0 Å². The van der Waals surface area contributed by atoms with Gasteiger partial charge in [0.25, 0.3) is 0 Å². The fourth-order valence-corrected chi connectivity index (χ4v) is 3.76. The van der Waals surface area contributed by atoms with E-state index < -0.39 is 0 Å². The average Bonchev–Trinajstić information content (AvgIpc) is 3.32. The minimum absolute atomic E-state index is 0.353. The van der Waals surface area contributed by atoms with Crippen LogP contribution in [-0.4, -0.2) is 38.7 Å². The molecule has 0 atom stereocenters. The molecule has 1 aromatic heterocycles. The number of hydrogen-bond acceptors (Lipinski definition) is 3. The molecule has 0 unspecified atom stereocenters. The molecule has 1 saturated heterocycles. The predicted molar refractivity (Wildman–Crippen MR) is 78.9 cm³/mol. The number of hydrogen-bond donors (Lipinski definition) is 0. The van der Waals surface area contributed by atoms with E-state index in [1.165, 1.54) is 30.9 Å². The fourth-order valence-electron chi connectivity index (χ4n) is 3.76. The minimum Gasteiger partial charge on any atom is -0.342 e. The molecule has 5 nitrogen and oxygen atoms in total. The molecule has 1 amide bonds. The van der Waals surface area contributed by atoms with Crippen molar-refractivity contribution >= 4 is 5.91 Å². The quantitative estimate of drug-likeness (QED) is 0.837. The lowest BCUT2D eigenvalue weighted by Gasteiger charge is -2.31. The molecule has 0 spiro atoms. The number of amides is 1. The molecular formula is C16H24N4O. The molecule has 21 heavy (non-hydrogen) atoms. The average molecular weight is 288 g/mol. The van der Waals surface area contributed by atoms with Crippen molar-refractivity contribution < 1.29 is 4.79 Å². The molecule has 0 radical (unpaired) electrons. The van der Waals surface area contributed by atoms with Crippen molar-refractivity contribution in [1.29, 1.82) is 0 Å². The zero-order chi connectivity index (χ0) is 14.2. The van der Waals surface area contributed by atoms with Gasteiger partial charge in [-0.2, -0.15) is 0 Å². The summed E-state index contributed by atoms with van der Waals surface area (Å²) in [4.78, 5) is 14.2. The number of carbonyl (C=O) groups excluding carboxylic acids is 1. The third kappa shape index (κ3) is 2.58. The molecule has 0 N–H and O–H groups in total. The summed E-state index contributed by atoms with van der Waals surface area (Å²) in [5.41, 5.74) is 0. The van der Waals surface area contributed by atoms with Gasteiger partial charge in [-0.15, -0.1) is 10.2 Å². The molecule has 5 heteroatoms. The van der Waals surface area contributed by atoms with E-state index in [0.29, 0.717) is 17.7 Å². The third-order valence-electron chi connectivity index (χ3n) is 5.24. The van der Waals surface area contributed by atoms with Crippen molar-refractivity contribution in [2.24, 2.45) is 5.92 Å². The van der Waals surface area contributed by atoms with E-state index in [1.807, 2.05) is 0 Å². The standard InChI is InChI=1S/C16H24N4O/c21-16(13-5-6-13)19-10-7-12(8-11-19)15-18-17-14-4-2-1-3-9-20(14)15/h12-13H,1-11H2. The second-order valence-corrected chi connectivity index (χ2v) is 6.81. The highest BCUT2D eigenvalue weighted by atomic mass is 16.2. The van der Waals surface area contributed by atoms with Crippen LogP contribution in [0, 0.1) is 5.92 Å². The number of nitrogens with zero attached hydrogens (tertiary/aromatic N) is 4. The smallest absolute Gasteiger partial charge is 0.225 e. The van der Waals surface area contributed by atoms with E-state index >= 15 is 0 Å². The van der Waals surface area contributed by atoms with Gasteiger partial charge in [-0.05, 0) is 38.5 Å². The Labute approximate surface area is 125 Å². The Bertz CT molecular complexity index is 526. The molecule has 2 aliphatic heterocycles. The van der Waals surface area contributed by atoms with Crippen molar-refractivity contribution in [2.45, 2.75) is 63.8 Å². The van der Waals surface area contributed by atoms with Crippen LogP contribution < -0.4 is 0 Å². The first kappa shape index (κ1) is 13.3. The molecular weight excluding hydrogens is 264 g/mol. The topological polar surface area (TPSA) is 51.0 Å². The van der Waals surface area contributed by atoms with Crippen LogP contribution in [-0.2, 0) is 17.8 Å². The van der Waals surface area contributed by atoms with Crippen molar-refractivity contribution in [3.63, 3.8) is 0 Å². The Morgan fingerprint density at radius 1 is 0.952 bits per heavy atom. The first-order valence-electron chi connectivity index (χ1n) is 8.53. The molecule has 3 aliphatic rings. The largest absolute Gasteiger partial charge is 0.342 e. The first-order valence-corrected chi connectivity index (χ1v) is 8.53. The highest BCUT2D eigenvalue weighted by Gasteiger charge is 2.36. The van der Waals surface area contributed by atoms with Crippen LogP contribution in [0.1, 0.15) is 62.5 Å². The van der Waals surface area contributed by atoms with Crippen LogP contribution >= 0.6 is 0 Å². The second-order valence-electron chi connectivity index (χ2n) is 6.81. The summed E-state index contributed by atoms with van der Waals surface area (Å²) in [5, 5.41) is 8.91. The van der Waals surface area contributed by atoms with E-state index in [1.54, 1.807) is 0 Å². The lowest BCUT2D eigenvalue weighted by molar-refractivity contribution is -0.133. The molecule has 0 aromatic carbocycles. The SMILES string of the molecule is O=C(C1CC1)N1CCC(c2nnc3n2CCCCC3)CC1. The Morgan fingerprint density at radius 2 is 1.76 bits per heavy atom. The lowest BCUT2D eigenvalue weighted by atomic mass is 9.95. The van der Waals surface area contributed by atoms with Crippen LogP contribution in [0.5, 0.6) is 0 Å². The van der Waals surface area contributed by atoms with Gasteiger partial charge in [0.1, 0.15) is 11.6 Å². The Hall–Kier alpha value is -1.39. The summed E-state index contributed by atoms with van der Waals surface area (Å²) in [6.45, 7) is 2.89. The maximum atomic E-state index is 12.1. The molecule has 2 fully saturated rings. The van der Waals surface area contributed by atoms with Crippen LogP contribution in [0.15, 0.2) is 0 Å². The molecule has 3 heterocycles. The second kappa shape index (κ2) is 5.43. The van der Waals surface area contributed by atoms with Crippen molar-refractivity contribution in [3.05, 3.63) is 11.6 Å². The van der Waals surface area contributed by atoms with Gasteiger partial charge in [0.2, 0.25) is 5.91 Å². The highest BCUT2D eigenvalue weighted by Crippen LogP contribution is 2.34. The maximum absolute atomic E-state index is 12.1. The van der Waals surface area contributed by atoms with Gasteiger partial charge < -0.3 is 9.47 Å². The zero-order valence-electron chi connectivity index (χ0n) is 12.6. The number of aromatic nitrogens is 3. The zero-order valence-corrected chi connectivity index (χ0v) is 12.6. The third-order valence-corrected chi connectivity index (χ3v) is 5.24. The van der Waals surface area contributed by atoms with E-state index in [9.17, 15) is 4.79 Å². The number of carbonyl (C=O) groups is 1. The highest BCUT2D eigenvalue weighted by molar-refractivity contribution is 5.81. The van der Waals surface area contributed by atoms with Gasteiger partial charge in [-0.25, -0.2) is 0 Å². The fraction of sp³-hybridized carbons (Fsp3) is 0.812. The predicted octanol–water partition coefficient (Wildman–Crippen LogP) is 2.12. The summed E-state index contributed by atoms with van der Waals surface area (Å²) in [5.74, 6) is 3.61. The van der Waals surface area contributed by atoms with Crippen LogP contribution in [0.4, 0.5) is 0 Å². The van der Waals surface area contributed by atoms with Gasteiger partial charge in [-0.3, -0.25) is 4.79 Å². The number of fused-ring (bicyclic) bond motifs is 1. The minimum atomic E-state index is 0.353. The first-order chi connectivity index (χ1) is 10.3. The van der Waals surface area contributed by atoms with Crippen molar-refractivity contribution in [2.75, 3.05) is 13.1 Å². The summed E-state index contributed by atoms with van der Waals surface area (Å²) >= 11 is 0. The van der Waals surface area contributed by atoms with E-state index in [4.69, 9.17) is 0 Å². The number of aryl methyl sites for hydroxylation is 1. The van der Waals surface area contributed by atoms with Gasteiger partial charge in [0.15, 0.2) is 0 Å². The van der Waals surface area contributed by atoms with E-state index in [0.717, 1.165) is 51.7 Å². The molecule has 114 valence electrons. The van der Waals surface area contributed by atoms with Crippen molar-refractivity contribution in [3.8, 4) is 0 Å². The Kier molecular flexibility index (Phi) is 3.43. The van der Waals surface area contributed by atoms with Gasteiger partial charge in [-0.1, -0.05) is 6.42 Å². The van der Waals surface area contributed by atoms with E-state index in [-0.39, 0.29) is 0 Å². The molecule has 1 aliphatic carbocycles. The summed E-state index contributed by atoms with van der Waals surface area (Å²) in [6.07, 6.45) is 9.19. The maximum Gasteiger partial charge on any atom is 0.225 e. The van der Waals surface area contributed by atoms with Crippen LogP contribution in [0.3, 0.4) is 0 Å². The normalized spacial score (nSPS) is 23.7. The Morgan fingerprint density at radius 3 is 2.52 bits per heavy atom. The lowest BCUT2D eigenvalue weighted by Crippen LogP contribution is -2.39.